The minimum Gasteiger partial charge on any atom is -0.341 e. The summed E-state index contributed by atoms with van der Waals surface area (Å²) in [5.74, 6) is 1.62. The number of hydrogen-bond acceptors (Lipinski definition) is 5. The molecule has 2 aromatic heterocycles. The minimum absolute atomic E-state index is 0.793. The predicted octanol–water partition coefficient (Wildman–Crippen LogP) is 3.41. The van der Waals surface area contributed by atoms with E-state index in [0.717, 1.165) is 41.6 Å². The Bertz CT molecular complexity index is 863. The Morgan fingerprint density at radius 2 is 1.83 bits per heavy atom. The third-order valence-corrected chi connectivity index (χ3v) is 4.62. The van der Waals surface area contributed by atoms with E-state index < -0.39 is 0 Å². The summed E-state index contributed by atoms with van der Waals surface area (Å²) in [6.07, 6.45) is 5.52. The number of anilines is 3. The molecule has 0 amide bonds. The largest absolute Gasteiger partial charge is 0.341 e. The van der Waals surface area contributed by atoms with Crippen LogP contribution in [0.5, 0.6) is 0 Å². The van der Waals surface area contributed by atoms with Crippen molar-refractivity contribution in [2.45, 2.75) is 26.2 Å². The summed E-state index contributed by atoms with van der Waals surface area (Å²) in [5.41, 5.74) is 3.11. The fraction of sp³-hybridized carbons (Fsp3) is 0.389. The molecule has 0 atom stereocenters. The van der Waals surface area contributed by atoms with Crippen LogP contribution in [0.25, 0.3) is 11.0 Å². The molecule has 1 N–H and O–H groups in total. The van der Waals surface area contributed by atoms with Crippen LogP contribution in [0.1, 0.15) is 24.8 Å². The van der Waals surface area contributed by atoms with Crippen molar-refractivity contribution in [3.8, 4) is 0 Å². The zero-order valence-corrected chi connectivity index (χ0v) is 14.2. The van der Waals surface area contributed by atoms with Gasteiger partial charge in [-0.2, -0.15) is 15.1 Å². The van der Waals surface area contributed by atoms with E-state index in [4.69, 9.17) is 9.97 Å². The highest BCUT2D eigenvalue weighted by molar-refractivity contribution is 5.89. The first-order chi connectivity index (χ1) is 11.7. The van der Waals surface area contributed by atoms with Crippen molar-refractivity contribution in [3.63, 3.8) is 0 Å². The first kappa shape index (κ1) is 14.9. The lowest BCUT2D eigenvalue weighted by atomic mass is 10.1. The molecule has 1 fully saturated rings. The van der Waals surface area contributed by atoms with Gasteiger partial charge < -0.3 is 10.2 Å². The highest BCUT2D eigenvalue weighted by Gasteiger charge is 2.18. The number of para-hydroxylation sites is 1. The van der Waals surface area contributed by atoms with Gasteiger partial charge in [0.1, 0.15) is 5.82 Å². The second-order valence-electron chi connectivity index (χ2n) is 6.37. The standard InChI is InChI=1S/C18H22N6/c1-13-8-4-5-9-15(13)20-16-14-12-19-23(2)17(14)22-18(21-16)24-10-6-3-7-11-24/h4-5,8-9,12H,3,6-7,10-11H2,1-2H3,(H,20,21,22). The molecule has 124 valence electrons. The number of aromatic nitrogens is 4. The first-order valence-electron chi connectivity index (χ1n) is 8.50. The summed E-state index contributed by atoms with van der Waals surface area (Å²) in [6.45, 7) is 4.13. The molecule has 1 aliphatic rings. The van der Waals surface area contributed by atoms with Gasteiger partial charge in [0.25, 0.3) is 0 Å². The summed E-state index contributed by atoms with van der Waals surface area (Å²) in [6, 6.07) is 8.23. The fourth-order valence-electron chi connectivity index (χ4n) is 3.18. The molecular weight excluding hydrogens is 300 g/mol. The molecule has 0 bridgehead atoms. The average Bonchev–Trinajstić information content (AvgIpc) is 2.99. The molecule has 1 aromatic carbocycles. The van der Waals surface area contributed by atoms with Crippen LogP contribution >= 0.6 is 0 Å². The monoisotopic (exact) mass is 322 g/mol. The van der Waals surface area contributed by atoms with Crippen molar-refractivity contribution >= 4 is 28.5 Å². The summed E-state index contributed by atoms with van der Waals surface area (Å²) < 4.78 is 1.81. The van der Waals surface area contributed by atoms with E-state index in [0.29, 0.717) is 0 Å². The number of rotatable bonds is 3. The van der Waals surface area contributed by atoms with Crippen LogP contribution < -0.4 is 10.2 Å². The van der Waals surface area contributed by atoms with Crippen molar-refractivity contribution in [1.29, 1.82) is 0 Å². The molecule has 6 nitrogen and oxygen atoms in total. The lowest BCUT2D eigenvalue weighted by molar-refractivity contribution is 0.568. The molecule has 3 heterocycles. The third kappa shape index (κ3) is 2.68. The Hall–Kier alpha value is -2.63. The minimum atomic E-state index is 0.793. The van der Waals surface area contributed by atoms with Gasteiger partial charge in [0.05, 0.1) is 11.6 Å². The van der Waals surface area contributed by atoms with Gasteiger partial charge in [-0.3, -0.25) is 4.68 Å². The lowest BCUT2D eigenvalue weighted by Crippen LogP contribution is -2.31. The molecular formula is C18H22N6. The number of benzene rings is 1. The lowest BCUT2D eigenvalue weighted by Gasteiger charge is -2.27. The van der Waals surface area contributed by atoms with Crippen LogP contribution in [0.4, 0.5) is 17.5 Å². The average molecular weight is 322 g/mol. The number of nitrogens with one attached hydrogen (secondary N) is 1. The van der Waals surface area contributed by atoms with E-state index >= 15 is 0 Å². The van der Waals surface area contributed by atoms with Gasteiger partial charge in [-0.1, -0.05) is 18.2 Å². The fourth-order valence-corrected chi connectivity index (χ4v) is 3.18. The Balaban J connectivity index is 1.79. The second kappa shape index (κ2) is 6.11. The van der Waals surface area contributed by atoms with Gasteiger partial charge >= 0.3 is 0 Å². The van der Waals surface area contributed by atoms with Crippen LogP contribution in [-0.4, -0.2) is 32.8 Å². The van der Waals surface area contributed by atoms with Crippen molar-refractivity contribution in [2.24, 2.45) is 7.05 Å². The Morgan fingerprint density at radius 1 is 1.04 bits per heavy atom. The molecule has 0 aliphatic carbocycles. The molecule has 0 unspecified atom stereocenters. The van der Waals surface area contributed by atoms with Crippen molar-refractivity contribution < 1.29 is 0 Å². The van der Waals surface area contributed by atoms with Gasteiger partial charge in [-0.05, 0) is 37.8 Å². The van der Waals surface area contributed by atoms with E-state index in [1.54, 1.807) is 0 Å². The highest BCUT2D eigenvalue weighted by atomic mass is 15.3. The van der Waals surface area contributed by atoms with Crippen molar-refractivity contribution in [1.82, 2.24) is 19.7 Å². The number of hydrogen-bond donors (Lipinski definition) is 1. The normalized spacial score (nSPS) is 15.0. The van der Waals surface area contributed by atoms with E-state index in [1.165, 1.54) is 24.8 Å². The summed E-state index contributed by atoms with van der Waals surface area (Å²) in [5, 5.41) is 8.79. The number of fused-ring (bicyclic) bond motifs is 1. The zero-order valence-electron chi connectivity index (χ0n) is 14.2. The quantitative estimate of drug-likeness (QED) is 0.801. The second-order valence-corrected chi connectivity index (χ2v) is 6.37. The molecule has 0 saturated carbocycles. The Labute approximate surface area is 141 Å². The van der Waals surface area contributed by atoms with Crippen LogP contribution in [0.15, 0.2) is 30.5 Å². The van der Waals surface area contributed by atoms with Gasteiger partial charge in [-0.15, -0.1) is 0 Å². The number of aryl methyl sites for hydroxylation is 2. The van der Waals surface area contributed by atoms with Gasteiger partial charge in [0.15, 0.2) is 5.65 Å². The van der Waals surface area contributed by atoms with Gasteiger partial charge in [0.2, 0.25) is 5.95 Å². The van der Waals surface area contributed by atoms with Crippen LogP contribution in [-0.2, 0) is 7.05 Å². The zero-order chi connectivity index (χ0) is 16.5. The van der Waals surface area contributed by atoms with Gasteiger partial charge in [-0.25, -0.2) is 0 Å². The van der Waals surface area contributed by atoms with Crippen molar-refractivity contribution in [2.75, 3.05) is 23.3 Å². The molecule has 6 heteroatoms. The molecule has 1 saturated heterocycles. The van der Waals surface area contributed by atoms with E-state index in [2.05, 4.69) is 34.4 Å². The molecule has 0 spiro atoms. The molecule has 1 aliphatic heterocycles. The SMILES string of the molecule is Cc1ccccc1Nc1nc(N2CCCCC2)nc2c1cnn2C. The predicted molar refractivity (Wildman–Crippen MR) is 96.8 cm³/mol. The third-order valence-electron chi connectivity index (χ3n) is 4.62. The summed E-state index contributed by atoms with van der Waals surface area (Å²) >= 11 is 0. The molecule has 0 radical (unpaired) electrons. The van der Waals surface area contributed by atoms with Gasteiger partial charge in [0, 0.05) is 25.8 Å². The maximum atomic E-state index is 4.82. The van der Waals surface area contributed by atoms with Crippen LogP contribution in [0.2, 0.25) is 0 Å². The highest BCUT2D eigenvalue weighted by Crippen LogP contribution is 2.28. The molecule has 24 heavy (non-hydrogen) atoms. The maximum Gasteiger partial charge on any atom is 0.229 e. The van der Waals surface area contributed by atoms with E-state index in [1.807, 2.05) is 30.1 Å². The smallest absolute Gasteiger partial charge is 0.229 e. The number of nitrogens with zero attached hydrogens (tertiary/aromatic N) is 5. The summed E-state index contributed by atoms with van der Waals surface area (Å²) in [4.78, 5) is 11.9. The summed E-state index contributed by atoms with van der Waals surface area (Å²) in [7, 11) is 1.92. The van der Waals surface area contributed by atoms with E-state index in [-0.39, 0.29) is 0 Å². The maximum absolute atomic E-state index is 4.82. The van der Waals surface area contributed by atoms with Crippen LogP contribution in [0, 0.1) is 6.92 Å². The molecule has 4 rings (SSSR count). The number of piperidine rings is 1. The Kier molecular flexibility index (Phi) is 3.80. The topological polar surface area (TPSA) is 58.9 Å². The van der Waals surface area contributed by atoms with Crippen molar-refractivity contribution in [3.05, 3.63) is 36.0 Å². The van der Waals surface area contributed by atoms with E-state index in [9.17, 15) is 0 Å². The molecule has 3 aromatic rings. The van der Waals surface area contributed by atoms with Crippen LogP contribution in [0.3, 0.4) is 0 Å². The Morgan fingerprint density at radius 3 is 2.62 bits per heavy atom. The first-order valence-corrected chi connectivity index (χ1v) is 8.50.